The second-order valence-electron chi connectivity index (χ2n) is 9.85. The molecule has 1 aliphatic carbocycles. The van der Waals surface area contributed by atoms with Crippen LogP contribution in [0.25, 0.3) is 0 Å². The van der Waals surface area contributed by atoms with Gasteiger partial charge in [0.15, 0.2) is 5.67 Å². The number of carboxylic acids is 2. The molecule has 2 aliphatic heterocycles. The Bertz CT molecular complexity index is 771. The zero-order valence-electron chi connectivity index (χ0n) is 21.2. The van der Waals surface area contributed by atoms with Crippen LogP contribution in [0.2, 0.25) is 0 Å². The van der Waals surface area contributed by atoms with E-state index in [1.165, 1.54) is 0 Å². The number of alkyl halides is 7. The summed E-state index contributed by atoms with van der Waals surface area (Å²) in [4.78, 5) is 36.6. The van der Waals surface area contributed by atoms with Crippen LogP contribution in [0.4, 0.5) is 30.7 Å². The molecular formula is C22H34F7N3O6. The largest absolute Gasteiger partial charge is 0.490 e. The van der Waals surface area contributed by atoms with Crippen molar-refractivity contribution in [2.75, 3.05) is 66.6 Å². The zero-order valence-corrected chi connectivity index (χ0v) is 21.2. The van der Waals surface area contributed by atoms with Crippen LogP contribution in [-0.2, 0) is 19.1 Å². The van der Waals surface area contributed by atoms with Crippen molar-refractivity contribution < 1.29 is 60.1 Å². The third-order valence-corrected chi connectivity index (χ3v) is 6.51. The molecule has 0 aromatic rings. The number of aliphatic carboxylic acids is 2. The standard InChI is InChI=1S/C18H32FN3O2.2C2HF3O2/c1-20(2)10-11-21-12-13-24-15-17(14-21)6-8-22(9-7-17)16(23)18(19)4-3-5-18;2*3-2(4,5)1(6)7/h3-15H2,1-2H3;2*(H,6,7). The maximum absolute atomic E-state index is 14.4. The van der Waals surface area contributed by atoms with Crippen LogP contribution in [0.3, 0.4) is 0 Å². The summed E-state index contributed by atoms with van der Waals surface area (Å²) >= 11 is 0. The van der Waals surface area contributed by atoms with Gasteiger partial charge in [0.1, 0.15) is 0 Å². The van der Waals surface area contributed by atoms with Crippen LogP contribution in [0.1, 0.15) is 32.1 Å². The Morgan fingerprint density at radius 2 is 1.37 bits per heavy atom. The first kappa shape index (κ1) is 33.8. The number of carbonyl (C=O) groups is 3. The molecule has 1 spiro atoms. The highest BCUT2D eigenvalue weighted by Crippen LogP contribution is 2.40. The average Bonchev–Trinajstić information content (AvgIpc) is 2.98. The highest BCUT2D eigenvalue weighted by Gasteiger charge is 2.49. The minimum atomic E-state index is -5.08. The molecule has 38 heavy (non-hydrogen) atoms. The first-order valence-electron chi connectivity index (χ1n) is 11.8. The van der Waals surface area contributed by atoms with E-state index in [4.69, 9.17) is 24.5 Å². The Labute approximate surface area is 215 Å². The number of nitrogens with zero attached hydrogens (tertiary/aromatic N) is 3. The number of halogens is 7. The predicted octanol–water partition coefficient (Wildman–Crippen LogP) is 2.65. The van der Waals surface area contributed by atoms with Crippen LogP contribution in [0.15, 0.2) is 0 Å². The van der Waals surface area contributed by atoms with Gasteiger partial charge >= 0.3 is 24.3 Å². The summed E-state index contributed by atoms with van der Waals surface area (Å²) in [6.45, 7) is 7.01. The molecule has 1 saturated carbocycles. The molecule has 0 unspecified atom stereocenters. The molecule has 3 aliphatic rings. The van der Waals surface area contributed by atoms with E-state index in [0.29, 0.717) is 25.9 Å². The number of rotatable bonds is 4. The lowest BCUT2D eigenvalue weighted by Gasteiger charge is -2.45. The minimum Gasteiger partial charge on any atom is -0.475 e. The van der Waals surface area contributed by atoms with E-state index in [-0.39, 0.29) is 11.3 Å². The first-order valence-corrected chi connectivity index (χ1v) is 11.8. The third-order valence-electron chi connectivity index (χ3n) is 6.51. The molecule has 9 nitrogen and oxygen atoms in total. The summed E-state index contributed by atoms with van der Waals surface area (Å²) in [5, 5.41) is 14.2. The highest BCUT2D eigenvalue weighted by atomic mass is 19.4. The average molecular weight is 570 g/mol. The van der Waals surface area contributed by atoms with E-state index in [9.17, 15) is 35.5 Å². The lowest BCUT2D eigenvalue weighted by Crippen LogP contribution is -2.55. The van der Waals surface area contributed by atoms with E-state index < -0.39 is 30.0 Å². The summed E-state index contributed by atoms with van der Waals surface area (Å²) in [5.74, 6) is -5.78. The van der Waals surface area contributed by atoms with Gasteiger partial charge in [0.25, 0.3) is 5.91 Å². The second kappa shape index (κ2) is 13.7. The molecule has 0 atom stereocenters. The molecule has 16 heteroatoms. The van der Waals surface area contributed by atoms with Crippen molar-refractivity contribution in [2.45, 2.75) is 50.1 Å². The molecule has 0 bridgehead atoms. The number of carbonyl (C=O) groups excluding carboxylic acids is 1. The summed E-state index contributed by atoms with van der Waals surface area (Å²) in [6, 6.07) is 0. The first-order chi connectivity index (χ1) is 17.3. The van der Waals surface area contributed by atoms with Crippen molar-refractivity contribution in [3.05, 3.63) is 0 Å². The van der Waals surface area contributed by atoms with E-state index in [1.54, 1.807) is 4.90 Å². The van der Waals surface area contributed by atoms with Crippen molar-refractivity contribution >= 4 is 17.8 Å². The Kier molecular flexibility index (Phi) is 12.2. The molecule has 0 aromatic carbocycles. The second-order valence-corrected chi connectivity index (χ2v) is 9.85. The summed E-state index contributed by atoms with van der Waals surface area (Å²) in [6.07, 6.45) is -6.65. The SMILES string of the molecule is CN(C)CCN1CCOCC2(CCN(C(=O)C3(F)CCC3)CC2)C1.O=C(O)C(F)(F)F.O=C(O)C(F)(F)F. The molecule has 1 amide bonds. The van der Waals surface area contributed by atoms with Gasteiger partial charge in [0.2, 0.25) is 0 Å². The summed E-state index contributed by atoms with van der Waals surface area (Å²) in [5.41, 5.74) is -1.43. The Hall–Kier alpha value is -2.20. The zero-order chi connectivity index (χ0) is 29.4. The van der Waals surface area contributed by atoms with Crippen LogP contribution in [0, 0.1) is 5.41 Å². The van der Waals surface area contributed by atoms with E-state index in [2.05, 4.69) is 23.9 Å². The molecule has 3 fully saturated rings. The van der Waals surface area contributed by atoms with Crippen molar-refractivity contribution in [2.24, 2.45) is 5.41 Å². The number of likely N-dealkylation sites (tertiary alicyclic amines) is 1. The lowest BCUT2D eigenvalue weighted by atomic mass is 9.76. The minimum absolute atomic E-state index is 0.128. The van der Waals surface area contributed by atoms with Crippen molar-refractivity contribution in [1.29, 1.82) is 0 Å². The van der Waals surface area contributed by atoms with Crippen molar-refractivity contribution in [3.63, 3.8) is 0 Å². The van der Waals surface area contributed by atoms with Gasteiger partial charge in [0, 0.05) is 44.7 Å². The van der Waals surface area contributed by atoms with E-state index in [1.807, 2.05) is 0 Å². The normalized spacial score (nSPS) is 21.3. The molecule has 0 radical (unpaired) electrons. The Morgan fingerprint density at radius 1 is 0.895 bits per heavy atom. The number of hydrogen-bond donors (Lipinski definition) is 2. The number of hydrogen-bond acceptors (Lipinski definition) is 6. The molecule has 2 heterocycles. The van der Waals surface area contributed by atoms with Gasteiger partial charge in [-0.25, -0.2) is 14.0 Å². The Morgan fingerprint density at radius 3 is 1.74 bits per heavy atom. The number of likely N-dealkylation sites (N-methyl/N-ethyl adjacent to an activating group) is 1. The quantitative estimate of drug-likeness (QED) is 0.498. The fraction of sp³-hybridized carbons (Fsp3) is 0.864. The van der Waals surface area contributed by atoms with Crippen LogP contribution < -0.4 is 0 Å². The predicted molar refractivity (Wildman–Crippen MR) is 119 cm³/mol. The molecule has 222 valence electrons. The summed E-state index contributed by atoms with van der Waals surface area (Å²) in [7, 11) is 4.20. The van der Waals surface area contributed by atoms with Gasteiger partial charge in [0.05, 0.1) is 13.2 Å². The molecule has 2 N–H and O–H groups in total. The van der Waals surface area contributed by atoms with Crippen LogP contribution in [-0.4, -0.2) is 127 Å². The van der Waals surface area contributed by atoms with Gasteiger partial charge < -0.3 is 24.7 Å². The maximum Gasteiger partial charge on any atom is 0.490 e. The molecule has 3 rings (SSSR count). The highest BCUT2D eigenvalue weighted by molar-refractivity contribution is 5.86. The van der Waals surface area contributed by atoms with Gasteiger partial charge in [-0.3, -0.25) is 9.69 Å². The molecule has 0 aromatic heterocycles. The summed E-state index contributed by atoms with van der Waals surface area (Å²) < 4.78 is 83.8. The van der Waals surface area contributed by atoms with Crippen LogP contribution >= 0.6 is 0 Å². The number of carboxylic acid groups (broad SMARTS) is 2. The lowest BCUT2D eigenvalue weighted by molar-refractivity contribution is -0.193. The smallest absolute Gasteiger partial charge is 0.475 e. The van der Waals surface area contributed by atoms with Crippen LogP contribution in [0.5, 0.6) is 0 Å². The van der Waals surface area contributed by atoms with Crippen molar-refractivity contribution in [3.8, 4) is 0 Å². The van der Waals surface area contributed by atoms with Crippen molar-refractivity contribution in [1.82, 2.24) is 14.7 Å². The maximum atomic E-state index is 14.4. The Balaban J connectivity index is 0.000000426. The van der Waals surface area contributed by atoms with E-state index >= 15 is 0 Å². The molecular weight excluding hydrogens is 535 g/mol. The van der Waals surface area contributed by atoms with Gasteiger partial charge in [-0.2, -0.15) is 26.3 Å². The van der Waals surface area contributed by atoms with Gasteiger partial charge in [-0.1, -0.05) is 0 Å². The van der Waals surface area contributed by atoms with Gasteiger partial charge in [-0.05, 0) is 46.2 Å². The molecule has 2 saturated heterocycles. The third kappa shape index (κ3) is 10.9. The number of amides is 1. The van der Waals surface area contributed by atoms with E-state index in [0.717, 1.165) is 58.7 Å². The fourth-order valence-corrected chi connectivity index (χ4v) is 4.08. The fourth-order valence-electron chi connectivity index (χ4n) is 4.08. The number of ether oxygens (including phenoxy) is 1. The monoisotopic (exact) mass is 569 g/mol. The topological polar surface area (TPSA) is 111 Å². The number of piperidine rings is 1. The van der Waals surface area contributed by atoms with Gasteiger partial charge in [-0.15, -0.1) is 0 Å².